The summed E-state index contributed by atoms with van der Waals surface area (Å²) in [6.07, 6.45) is 1.78. The molecule has 0 aromatic heterocycles. The second kappa shape index (κ2) is 2.61. The van der Waals surface area contributed by atoms with Crippen molar-refractivity contribution in [2.45, 2.75) is 6.42 Å². The van der Waals surface area contributed by atoms with E-state index in [0.29, 0.717) is 6.44 Å². The van der Waals surface area contributed by atoms with Crippen molar-refractivity contribution in [3.63, 3.8) is 0 Å². The molecule has 1 aromatic carbocycles. The zero-order valence-corrected chi connectivity index (χ0v) is 6.46. The highest BCUT2D eigenvalue weighted by molar-refractivity contribution is 6.10. The molecule has 0 atom stereocenters. The van der Waals surface area contributed by atoms with Gasteiger partial charge in [-0.1, -0.05) is 18.2 Å². The third-order valence-electron chi connectivity index (χ3n) is 2.20. The van der Waals surface area contributed by atoms with Crippen LogP contribution in [-0.2, 0) is 6.42 Å². The molecule has 0 fully saturated rings. The Morgan fingerprint density at radius 3 is 3.00 bits per heavy atom. The van der Waals surface area contributed by atoms with Crippen molar-refractivity contribution in [1.82, 2.24) is 0 Å². The first-order valence-corrected chi connectivity index (χ1v) is 3.95. The van der Waals surface area contributed by atoms with Crippen LogP contribution in [0.3, 0.4) is 0 Å². The standard InChI is InChI=1S/C9H10BN/c10-7-11-6-5-8-3-1-2-4-9(8)11/h1-4H,5-7H2. The summed E-state index contributed by atoms with van der Waals surface area (Å²) >= 11 is 0. The first-order valence-electron chi connectivity index (χ1n) is 3.95. The van der Waals surface area contributed by atoms with Gasteiger partial charge in [0.2, 0.25) is 0 Å². The van der Waals surface area contributed by atoms with Crippen LogP contribution in [0, 0.1) is 0 Å². The van der Waals surface area contributed by atoms with Gasteiger partial charge >= 0.3 is 0 Å². The number of hydrogen-bond donors (Lipinski definition) is 0. The van der Waals surface area contributed by atoms with Gasteiger partial charge in [-0.25, -0.2) is 0 Å². The molecule has 11 heavy (non-hydrogen) atoms. The van der Waals surface area contributed by atoms with Gasteiger partial charge in [-0.2, -0.15) is 0 Å². The average Bonchev–Trinajstić information content (AvgIpc) is 2.47. The van der Waals surface area contributed by atoms with E-state index in [1.165, 1.54) is 11.3 Å². The molecule has 0 unspecified atom stereocenters. The van der Waals surface area contributed by atoms with Crippen molar-refractivity contribution in [1.29, 1.82) is 0 Å². The highest BCUT2D eigenvalue weighted by Gasteiger charge is 2.15. The number of fused-ring (bicyclic) bond motifs is 1. The lowest BCUT2D eigenvalue weighted by Crippen LogP contribution is -2.21. The molecule has 1 aromatic rings. The quantitative estimate of drug-likeness (QED) is 0.533. The van der Waals surface area contributed by atoms with Crippen molar-refractivity contribution in [2.24, 2.45) is 0 Å². The van der Waals surface area contributed by atoms with Gasteiger partial charge in [-0.05, 0) is 24.5 Å². The maximum atomic E-state index is 5.57. The molecule has 0 bridgehead atoms. The fourth-order valence-electron chi connectivity index (χ4n) is 1.60. The van der Waals surface area contributed by atoms with Crippen molar-refractivity contribution in [2.75, 3.05) is 17.9 Å². The van der Waals surface area contributed by atoms with E-state index in [2.05, 4.69) is 29.2 Å². The van der Waals surface area contributed by atoms with Gasteiger partial charge < -0.3 is 4.90 Å². The third kappa shape index (κ3) is 1.03. The Morgan fingerprint density at radius 1 is 1.36 bits per heavy atom. The van der Waals surface area contributed by atoms with Crippen LogP contribution in [0.15, 0.2) is 24.3 Å². The summed E-state index contributed by atoms with van der Waals surface area (Å²) in [5, 5.41) is 0. The first kappa shape index (κ1) is 6.77. The van der Waals surface area contributed by atoms with E-state index in [0.717, 1.165) is 13.0 Å². The van der Waals surface area contributed by atoms with Gasteiger partial charge in [0.1, 0.15) is 0 Å². The highest BCUT2D eigenvalue weighted by Crippen LogP contribution is 2.26. The normalized spacial score (nSPS) is 15.1. The summed E-state index contributed by atoms with van der Waals surface area (Å²) in [5.74, 6) is 0. The minimum Gasteiger partial charge on any atom is -0.380 e. The Hall–Kier alpha value is -0.915. The summed E-state index contributed by atoms with van der Waals surface area (Å²) in [6.45, 7) is 1.08. The molecular weight excluding hydrogens is 133 g/mol. The number of nitrogens with zero attached hydrogens (tertiary/aromatic N) is 1. The number of rotatable bonds is 1. The SMILES string of the molecule is [B]CN1CCc2ccccc21. The minimum absolute atomic E-state index is 0.636. The molecule has 0 saturated carbocycles. The molecular formula is C9H10BN. The Kier molecular flexibility index (Phi) is 1.61. The third-order valence-corrected chi connectivity index (χ3v) is 2.20. The zero-order valence-electron chi connectivity index (χ0n) is 6.46. The van der Waals surface area contributed by atoms with Gasteiger partial charge in [-0.3, -0.25) is 0 Å². The molecule has 1 nitrogen and oxygen atoms in total. The molecule has 0 saturated heterocycles. The van der Waals surface area contributed by atoms with Crippen LogP contribution >= 0.6 is 0 Å². The minimum atomic E-state index is 0.636. The van der Waals surface area contributed by atoms with Gasteiger partial charge in [0, 0.05) is 12.2 Å². The largest absolute Gasteiger partial charge is 0.380 e. The van der Waals surface area contributed by atoms with Crippen molar-refractivity contribution in [3.05, 3.63) is 29.8 Å². The maximum Gasteiger partial charge on any atom is 0.0942 e. The summed E-state index contributed by atoms with van der Waals surface area (Å²) in [7, 11) is 5.57. The second-order valence-electron chi connectivity index (χ2n) is 2.82. The van der Waals surface area contributed by atoms with E-state index in [4.69, 9.17) is 7.85 Å². The van der Waals surface area contributed by atoms with Crippen LogP contribution in [0.2, 0.25) is 0 Å². The van der Waals surface area contributed by atoms with Crippen molar-refractivity contribution >= 4 is 13.5 Å². The Labute approximate surface area is 68.4 Å². The molecule has 2 radical (unpaired) electrons. The van der Waals surface area contributed by atoms with Crippen LogP contribution < -0.4 is 4.90 Å². The number of para-hydroxylation sites is 1. The topological polar surface area (TPSA) is 3.24 Å². The Bertz CT molecular complexity index is 259. The molecule has 2 heteroatoms. The molecule has 0 spiro atoms. The summed E-state index contributed by atoms with van der Waals surface area (Å²) in [6, 6.07) is 8.45. The zero-order chi connectivity index (χ0) is 7.68. The smallest absolute Gasteiger partial charge is 0.0942 e. The van der Waals surface area contributed by atoms with Gasteiger partial charge in [0.15, 0.2) is 0 Å². The summed E-state index contributed by atoms with van der Waals surface area (Å²) < 4.78 is 0. The van der Waals surface area contributed by atoms with E-state index in [-0.39, 0.29) is 0 Å². The lowest BCUT2D eigenvalue weighted by Gasteiger charge is -2.16. The van der Waals surface area contributed by atoms with Gasteiger partial charge in [0.25, 0.3) is 0 Å². The predicted molar refractivity (Wildman–Crippen MR) is 48.1 cm³/mol. The number of anilines is 1. The molecule has 0 N–H and O–H groups in total. The number of hydrogen-bond acceptors (Lipinski definition) is 1. The van der Waals surface area contributed by atoms with Crippen molar-refractivity contribution < 1.29 is 0 Å². The predicted octanol–water partition coefficient (Wildman–Crippen LogP) is 1.18. The van der Waals surface area contributed by atoms with Crippen LogP contribution in [0.25, 0.3) is 0 Å². The van der Waals surface area contributed by atoms with Gasteiger partial charge in [-0.15, -0.1) is 0 Å². The Morgan fingerprint density at radius 2 is 2.18 bits per heavy atom. The van der Waals surface area contributed by atoms with E-state index in [1.807, 2.05) is 0 Å². The molecule has 1 aliphatic rings. The molecule has 2 rings (SSSR count). The average molecular weight is 143 g/mol. The molecule has 1 aliphatic heterocycles. The molecule has 1 heterocycles. The lowest BCUT2D eigenvalue weighted by atomic mass is 10.1. The van der Waals surface area contributed by atoms with E-state index in [9.17, 15) is 0 Å². The van der Waals surface area contributed by atoms with Crippen LogP contribution in [-0.4, -0.2) is 20.8 Å². The second-order valence-corrected chi connectivity index (χ2v) is 2.82. The summed E-state index contributed by atoms with van der Waals surface area (Å²) in [5.41, 5.74) is 2.74. The van der Waals surface area contributed by atoms with E-state index < -0.39 is 0 Å². The van der Waals surface area contributed by atoms with Crippen molar-refractivity contribution in [3.8, 4) is 0 Å². The van der Waals surface area contributed by atoms with E-state index >= 15 is 0 Å². The molecule has 0 aliphatic carbocycles. The lowest BCUT2D eigenvalue weighted by molar-refractivity contribution is 0.934. The summed E-state index contributed by atoms with van der Waals surface area (Å²) in [4.78, 5) is 2.20. The van der Waals surface area contributed by atoms with E-state index in [1.54, 1.807) is 0 Å². The van der Waals surface area contributed by atoms with Crippen LogP contribution in [0.1, 0.15) is 5.56 Å². The monoisotopic (exact) mass is 143 g/mol. The fourth-order valence-corrected chi connectivity index (χ4v) is 1.60. The maximum absolute atomic E-state index is 5.57. The van der Waals surface area contributed by atoms with Gasteiger partial charge in [0.05, 0.1) is 7.85 Å². The molecule has 54 valence electrons. The van der Waals surface area contributed by atoms with Crippen LogP contribution in [0.4, 0.5) is 5.69 Å². The molecule has 0 amide bonds. The highest BCUT2D eigenvalue weighted by atomic mass is 15.1. The number of benzene rings is 1. The Balaban J connectivity index is 2.39. The fraction of sp³-hybridized carbons (Fsp3) is 0.333. The van der Waals surface area contributed by atoms with Crippen LogP contribution in [0.5, 0.6) is 0 Å². The first-order chi connectivity index (χ1) is 5.42.